The van der Waals surface area contributed by atoms with Crippen LogP contribution in [0.25, 0.3) is 0 Å². The van der Waals surface area contributed by atoms with Crippen molar-refractivity contribution >= 4 is 17.0 Å². The summed E-state index contributed by atoms with van der Waals surface area (Å²) in [5, 5.41) is 14.3. The molecular formula is C12H11N3S. The van der Waals surface area contributed by atoms with E-state index in [0.29, 0.717) is 12.1 Å². The number of benzene rings is 1. The van der Waals surface area contributed by atoms with E-state index in [0.717, 1.165) is 16.9 Å². The normalized spacial score (nSPS) is 9.75. The summed E-state index contributed by atoms with van der Waals surface area (Å²) in [5.41, 5.74) is 5.37. The molecule has 3 nitrogen and oxygen atoms in total. The van der Waals surface area contributed by atoms with Crippen LogP contribution in [0.5, 0.6) is 0 Å². The highest BCUT2D eigenvalue weighted by atomic mass is 32.1. The van der Waals surface area contributed by atoms with E-state index in [4.69, 9.17) is 5.26 Å². The smallest absolute Gasteiger partial charge is 0.102 e. The molecular weight excluding hydrogens is 218 g/mol. The molecule has 4 heteroatoms. The van der Waals surface area contributed by atoms with Crippen molar-refractivity contribution < 1.29 is 0 Å². The lowest BCUT2D eigenvalue weighted by molar-refractivity contribution is 1.07. The SMILES string of the molecule is Cc1cccc(NCc2cscn2)c1C#N. The Hall–Kier alpha value is -1.86. The van der Waals surface area contributed by atoms with Gasteiger partial charge in [-0.3, -0.25) is 0 Å². The van der Waals surface area contributed by atoms with Gasteiger partial charge in [0.2, 0.25) is 0 Å². The Balaban J connectivity index is 2.16. The number of rotatable bonds is 3. The molecule has 0 amide bonds. The molecule has 0 atom stereocenters. The molecule has 16 heavy (non-hydrogen) atoms. The lowest BCUT2D eigenvalue weighted by atomic mass is 10.1. The summed E-state index contributed by atoms with van der Waals surface area (Å²) in [6.07, 6.45) is 0. The second-order valence-corrected chi connectivity index (χ2v) is 4.16. The van der Waals surface area contributed by atoms with Crippen LogP contribution >= 0.6 is 11.3 Å². The highest BCUT2D eigenvalue weighted by molar-refractivity contribution is 7.07. The largest absolute Gasteiger partial charge is 0.378 e. The van der Waals surface area contributed by atoms with Gasteiger partial charge in [0.25, 0.3) is 0 Å². The van der Waals surface area contributed by atoms with Gasteiger partial charge in [-0.1, -0.05) is 12.1 Å². The molecule has 0 radical (unpaired) electrons. The number of nitrogens with zero attached hydrogens (tertiary/aromatic N) is 2. The summed E-state index contributed by atoms with van der Waals surface area (Å²) in [5.74, 6) is 0. The molecule has 0 unspecified atom stereocenters. The number of anilines is 1. The molecule has 0 saturated carbocycles. The van der Waals surface area contributed by atoms with Crippen molar-refractivity contribution in [3.8, 4) is 6.07 Å². The minimum absolute atomic E-state index is 0.654. The third-order valence-electron chi connectivity index (χ3n) is 2.33. The molecule has 1 aromatic heterocycles. The summed E-state index contributed by atoms with van der Waals surface area (Å²) < 4.78 is 0. The van der Waals surface area contributed by atoms with Crippen LogP contribution in [0.4, 0.5) is 5.69 Å². The number of hydrogen-bond donors (Lipinski definition) is 1. The van der Waals surface area contributed by atoms with Crippen LogP contribution in [0.1, 0.15) is 16.8 Å². The first kappa shape index (κ1) is 10.7. The van der Waals surface area contributed by atoms with E-state index in [-0.39, 0.29) is 0 Å². The van der Waals surface area contributed by atoms with Gasteiger partial charge < -0.3 is 5.32 Å². The van der Waals surface area contributed by atoms with Crippen molar-refractivity contribution in [2.45, 2.75) is 13.5 Å². The minimum atomic E-state index is 0.654. The van der Waals surface area contributed by atoms with E-state index < -0.39 is 0 Å². The van der Waals surface area contributed by atoms with Crippen LogP contribution in [0.2, 0.25) is 0 Å². The molecule has 2 rings (SSSR count). The van der Waals surface area contributed by atoms with Crippen LogP contribution in [-0.2, 0) is 6.54 Å². The first-order valence-corrected chi connectivity index (χ1v) is 5.86. The average Bonchev–Trinajstić information content (AvgIpc) is 2.79. The molecule has 0 spiro atoms. The first-order chi connectivity index (χ1) is 7.81. The lowest BCUT2D eigenvalue weighted by Gasteiger charge is -2.08. The van der Waals surface area contributed by atoms with Gasteiger partial charge >= 0.3 is 0 Å². The third-order valence-corrected chi connectivity index (χ3v) is 2.96. The number of nitrogens with one attached hydrogen (secondary N) is 1. The fourth-order valence-corrected chi connectivity index (χ4v) is 2.03. The second-order valence-electron chi connectivity index (χ2n) is 3.44. The van der Waals surface area contributed by atoms with Gasteiger partial charge in [0, 0.05) is 5.38 Å². The van der Waals surface area contributed by atoms with E-state index in [1.54, 1.807) is 16.8 Å². The highest BCUT2D eigenvalue weighted by Gasteiger charge is 2.04. The summed E-state index contributed by atoms with van der Waals surface area (Å²) in [6.45, 7) is 2.59. The lowest BCUT2D eigenvalue weighted by Crippen LogP contribution is -2.02. The van der Waals surface area contributed by atoms with E-state index in [9.17, 15) is 0 Å². The molecule has 0 aliphatic heterocycles. The summed E-state index contributed by atoms with van der Waals surface area (Å²) in [4.78, 5) is 4.18. The summed E-state index contributed by atoms with van der Waals surface area (Å²) in [6, 6.07) is 8.01. The number of thiazole rings is 1. The fourth-order valence-electron chi connectivity index (χ4n) is 1.47. The molecule has 0 bridgehead atoms. The Kier molecular flexibility index (Phi) is 3.18. The predicted octanol–water partition coefficient (Wildman–Crippen LogP) is 2.94. The van der Waals surface area contributed by atoms with E-state index in [1.807, 2.05) is 30.5 Å². The minimum Gasteiger partial charge on any atom is -0.378 e. The zero-order valence-corrected chi connectivity index (χ0v) is 9.71. The van der Waals surface area contributed by atoms with Gasteiger partial charge in [0.15, 0.2) is 0 Å². The molecule has 1 aromatic carbocycles. The molecule has 0 aliphatic rings. The number of hydrogen-bond acceptors (Lipinski definition) is 4. The highest BCUT2D eigenvalue weighted by Crippen LogP contribution is 2.19. The Morgan fingerprint density at radius 1 is 1.50 bits per heavy atom. The standard InChI is InChI=1S/C12H11N3S/c1-9-3-2-4-12(11(9)5-13)14-6-10-7-16-8-15-10/h2-4,7-8,14H,6H2,1H3. The average molecular weight is 229 g/mol. The maximum Gasteiger partial charge on any atom is 0.102 e. The van der Waals surface area contributed by atoms with Crippen LogP contribution in [0.15, 0.2) is 29.1 Å². The molecule has 0 saturated heterocycles. The number of aryl methyl sites for hydroxylation is 1. The van der Waals surface area contributed by atoms with Gasteiger partial charge in [0.1, 0.15) is 6.07 Å². The number of nitriles is 1. The maximum atomic E-state index is 9.05. The van der Waals surface area contributed by atoms with Gasteiger partial charge in [-0.05, 0) is 18.6 Å². The van der Waals surface area contributed by atoms with Crippen molar-refractivity contribution in [2.75, 3.05) is 5.32 Å². The fraction of sp³-hybridized carbons (Fsp3) is 0.167. The molecule has 80 valence electrons. The Bertz CT molecular complexity index is 512. The van der Waals surface area contributed by atoms with Crippen molar-refractivity contribution in [1.29, 1.82) is 5.26 Å². The second kappa shape index (κ2) is 4.77. The molecule has 2 aromatic rings. The maximum absolute atomic E-state index is 9.05. The Morgan fingerprint density at radius 2 is 2.38 bits per heavy atom. The van der Waals surface area contributed by atoms with Crippen molar-refractivity contribution in [2.24, 2.45) is 0 Å². The van der Waals surface area contributed by atoms with E-state index >= 15 is 0 Å². The van der Waals surface area contributed by atoms with E-state index in [1.165, 1.54) is 0 Å². The van der Waals surface area contributed by atoms with Crippen molar-refractivity contribution in [3.05, 3.63) is 45.9 Å². The quantitative estimate of drug-likeness (QED) is 0.880. The van der Waals surface area contributed by atoms with Crippen LogP contribution in [0, 0.1) is 18.3 Å². The molecule has 0 aliphatic carbocycles. The Labute approximate surface area is 98.4 Å². The van der Waals surface area contributed by atoms with Crippen LogP contribution in [-0.4, -0.2) is 4.98 Å². The molecule has 0 fully saturated rings. The van der Waals surface area contributed by atoms with Crippen LogP contribution < -0.4 is 5.32 Å². The number of aromatic nitrogens is 1. The van der Waals surface area contributed by atoms with Crippen molar-refractivity contribution in [3.63, 3.8) is 0 Å². The predicted molar refractivity (Wildman–Crippen MR) is 65.3 cm³/mol. The zero-order valence-electron chi connectivity index (χ0n) is 8.90. The van der Waals surface area contributed by atoms with Crippen molar-refractivity contribution in [1.82, 2.24) is 4.98 Å². The summed E-state index contributed by atoms with van der Waals surface area (Å²) >= 11 is 1.57. The monoisotopic (exact) mass is 229 g/mol. The molecule has 1 heterocycles. The molecule has 1 N–H and O–H groups in total. The topological polar surface area (TPSA) is 48.7 Å². The first-order valence-electron chi connectivity index (χ1n) is 4.92. The summed E-state index contributed by atoms with van der Waals surface area (Å²) in [7, 11) is 0. The third kappa shape index (κ3) is 2.20. The Morgan fingerprint density at radius 3 is 3.06 bits per heavy atom. The van der Waals surface area contributed by atoms with Gasteiger partial charge in [-0.15, -0.1) is 11.3 Å². The van der Waals surface area contributed by atoms with Gasteiger partial charge in [-0.25, -0.2) is 4.98 Å². The van der Waals surface area contributed by atoms with Gasteiger partial charge in [-0.2, -0.15) is 5.26 Å². The van der Waals surface area contributed by atoms with E-state index in [2.05, 4.69) is 16.4 Å². The zero-order chi connectivity index (χ0) is 11.4. The van der Waals surface area contributed by atoms with Gasteiger partial charge in [0.05, 0.1) is 29.0 Å². The van der Waals surface area contributed by atoms with Crippen LogP contribution in [0.3, 0.4) is 0 Å².